The van der Waals surface area contributed by atoms with E-state index in [1.807, 2.05) is 6.07 Å². The van der Waals surface area contributed by atoms with Gasteiger partial charge in [-0.25, -0.2) is 9.97 Å². The van der Waals surface area contributed by atoms with Gasteiger partial charge in [-0.05, 0) is 11.8 Å². The zero-order chi connectivity index (χ0) is 14.2. The molecule has 1 N–H and O–H groups in total. The first kappa shape index (κ1) is 15.1. The lowest BCUT2D eigenvalue weighted by Gasteiger charge is -2.34. The highest BCUT2D eigenvalue weighted by molar-refractivity contribution is 7.80. The fourth-order valence-corrected chi connectivity index (χ4v) is 2.37. The van der Waals surface area contributed by atoms with Gasteiger partial charge in [0.05, 0.1) is 0 Å². The summed E-state index contributed by atoms with van der Waals surface area (Å²) in [7, 11) is 0. The molecule has 0 atom stereocenters. The maximum atomic E-state index is 11.3. The minimum absolute atomic E-state index is 0.0799. The Bertz CT molecular complexity index is 408. The zero-order valence-electron chi connectivity index (χ0n) is 11.5. The van der Waals surface area contributed by atoms with Crippen molar-refractivity contribution in [2.75, 3.05) is 49.9 Å². The summed E-state index contributed by atoms with van der Waals surface area (Å²) >= 11 is 4.04. The van der Waals surface area contributed by atoms with E-state index in [2.05, 4.69) is 37.7 Å². The smallest absolute Gasteiger partial charge is 0.225 e. The third-order valence-electron chi connectivity index (χ3n) is 3.30. The van der Waals surface area contributed by atoms with Crippen LogP contribution in [0.2, 0.25) is 0 Å². The molecule has 1 saturated heterocycles. The van der Waals surface area contributed by atoms with Gasteiger partial charge < -0.3 is 10.2 Å². The second-order valence-electron chi connectivity index (χ2n) is 4.70. The number of rotatable bonds is 6. The van der Waals surface area contributed by atoms with Crippen LogP contribution in [0.5, 0.6) is 0 Å². The number of hydrogen-bond donors (Lipinski definition) is 2. The van der Waals surface area contributed by atoms with Gasteiger partial charge in [-0.3, -0.25) is 9.69 Å². The van der Waals surface area contributed by atoms with Crippen molar-refractivity contribution in [1.29, 1.82) is 0 Å². The number of amides is 1. The maximum absolute atomic E-state index is 11.3. The molecule has 0 radical (unpaired) electrons. The molecule has 2 rings (SSSR count). The molecule has 1 aromatic rings. The van der Waals surface area contributed by atoms with E-state index >= 15 is 0 Å². The Morgan fingerprint density at radius 3 is 2.60 bits per heavy atom. The normalized spacial score (nSPS) is 16.1. The summed E-state index contributed by atoms with van der Waals surface area (Å²) in [6.45, 7) is 5.39. The van der Waals surface area contributed by atoms with Gasteiger partial charge in [0.25, 0.3) is 0 Å². The molecule has 2 heterocycles. The summed E-state index contributed by atoms with van der Waals surface area (Å²) in [6.07, 6.45) is 4.03. The van der Waals surface area contributed by atoms with Gasteiger partial charge in [0.2, 0.25) is 11.9 Å². The predicted octanol–water partition coefficient (Wildman–Crippen LogP) is 0.0347. The van der Waals surface area contributed by atoms with E-state index in [1.54, 1.807) is 12.4 Å². The van der Waals surface area contributed by atoms with Crippen LogP contribution in [0.3, 0.4) is 0 Å². The number of carbonyl (C=O) groups excluding carboxylic acids is 1. The second kappa shape index (κ2) is 8.06. The number of aromatic nitrogens is 2. The molecule has 110 valence electrons. The number of nitrogens with one attached hydrogen (secondary N) is 1. The van der Waals surface area contributed by atoms with E-state index in [9.17, 15) is 4.79 Å². The third-order valence-corrected chi connectivity index (χ3v) is 3.52. The van der Waals surface area contributed by atoms with E-state index in [0.717, 1.165) is 38.7 Å². The highest BCUT2D eigenvalue weighted by Crippen LogP contribution is 2.08. The predicted molar refractivity (Wildman–Crippen MR) is 82.2 cm³/mol. The van der Waals surface area contributed by atoms with Crippen LogP contribution in [-0.4, -0.2) is 65.8 Å². The van der Waals surface area contributed by atoms with Gasteiger partial charge in [-0.15, -0.1) is 0 Å². The largest absolute Gasteiger partial charge is 0.355 e. The number of thiol groups is 1. The SMILES string of the molecule is O=C(CCS)NCCN1CCN(c2ncccn2)CC1. The lowest BCUT2D eigenvalue weighted by molar-refractivity contribution is -0.120. The first-order valence-corrected chi connectivity index (χ1v) is 7.54. The molecular formula is C13H21N5OS. The van der Waals surface area contributed by atoms with Gasteiger partial charge in [-0.2, -0.15) is 12.6 Å². The van der Waals surface area contributed by atoms with E-state index in [4.69, 9.17) is 0 Å². The van der Waals surface area contributed by atoms with Crippen molar-refractivity contribution >= 4 is 24.5 Å². The van der Waals surface area contributed by atoms with Crippen LogP contribution in [0.1, 0.15) is 6.42 Å². The molecule has 0 saturated carbocycles. The molecule has 0 unspecified atom stereocenters. The third kappa shape index (κ3) is 4.64. The molecule has 20 heavy (non-hydrogen) atoms. The summed E-state index contributed by atoms with van der Waals surface area (Å²) in [6, 6.07) is 1.83. The van der Waals surface area contributed by atoms with Crippen LogP contribution in [0, 0.1) is 0 Å². The molecular weight excluding hydrogens is 274 g/mol. The minimum atomic E-state index is 0.0799. The molecule has 0 spiro atoms. The Balaban J connectivity index is 1.66. The van der Waals surface area contributed by atoms with E-state index in [0.29, 0.717) is 18.7 Å². The van der Waals surface area contributed by atoms with E-state index in [-0.39, 0.29) is 5.91 Å². The lowest BCUT2D eigenvalue weighted by atomic mass is 10.3. The van der Waals surface area contributed by atoms with Gasteiger partial charge in [0, 0.05) is 58.1 Å². The average Bonchev–Trinajstić information content (AvgIpc) is 2.49. The van der Waals surface area contributed by atoms with E-state index in [1.165, 1.54) is 0 Å². The lowest BCUT2D eigenvalue weighted by Crippen LogP contribution is -2.49. The van der Waals surface area contributed by atoms with Crippen molar-refractivity contribution in [3.05, 3.63) is 18.5 Å². The van der Waals surface area contributed by atoms with E-state index < -0.39 is 0 Å². The number of anilines is 1. The van der Waals surface area contributed by atoms with Gasteiger partial charge in [0.15, 0.2) is 0 Å². The first-order valence-electron chi connectivity index (χ1n) is 6.91. The van der Waals surface area contributed by atoms with Gasteiger partial charge in [-0.1, -0.05) is 0 Å². The molecule has 1 aromatic heterocycles. The minimum Gasteiger partial charge on any atom is -0.355 e. The molecule has 6 nitrogen and oxygen atoms in total. The molecule has 7 heteroatoms. The quantitative estimate of drug-likeness (QED) is 0.725. The number of hydrogen-bond acceptors (Lipinski definition) is 6. The summed E-state index contributed by atoms with van der Waals surface area (Å²) < 4.78 is 0. The Morgan fingerprint density at radius 2 is 1.95 bits per heavy atom. The van der Waals surface area contributed by atoms with Crippen molar-refractivity contribution < 1.29 is 4.79 Å². The van der Waals surface area contributed by atoms with Crippen molar-refractivity contribution in [3.8, 4) is 0 Å². The Kier molecular flexibility index (Phi) is 6.07. The number of carbonyl (C=O) groups is 1. The van der Waals surface area contributed by atoms with Crippen molar-refractivity contribution in [3.63, 3.8) is 0 Å². The van der Waals surface area contributed by atoms with Crippen molar-refractivity contribution in [2.24, 2.45) is 0 Å². The van der Waals surface area contributed by atoms with Gasteiger partial charge >= 0.3 is 0 Å². The highest BCUT2D eigenvalue weighted by atomic mass is 32.1. The molecule has 0 aromatic carbocycles. The molecule has 1 aliphatic rings. The second-order valence-corrected chi connectivity index (χ2v) is 5.15. The highest BCUT2D eigenvalue weighted by Gasteiger charge is 2.18. The monoisotopic (exact) mass is 295 g/mol. The van der Waals surface area contributed by atoms with Crippen molar-refractivity contribution in [1.82, 2.24) is 20.2 Å². The Hall–Kier alpha value is -1.34. The average molecular weight is 295 g/mol. The fraction of sp³-hybridized carbons (Fsp3) is 0.615. The molecule has 0 aliphatic carbocycles. The molecule has 1 fully saturated rings. The molecule has 1 amide bonds. The molecule has 0 bridgehead atoms. The van der Waals surface area contributed by atoms with Crippen LogP contribution in [0.4, 0.5) is 5.95 Å². The fourth-order valence-electron chi connectivity index (χ4n) is 2.17. The standard InChI is InChI=1S/C13H21N5OS/c19-12(2-11-20)14-5-6-17-7-9-18(10-8-17)13-15-3-1-4-16-13/h1,3-4,20H,2,5-11H2,(H,14,19). The number of piperazine rings is 1. The first-order chi connectivity index (χ1) is 9.79. The van der Waals surface area contributed by atoms with Crippen LogP contribution in [-0.2, 0) is 4.79 Å². The topological polar surface area (TPSA) is 61.4 Å². The summed E-state index contributed by atoms with van der Waals surface area (Å²) in [5.41, 5.74) is 0. The van der Waals surface area contributed by atoms with Crippen molar-refractivity contribution in [2.45, 2.75) is 6.42 Å². The zero-order valence-corrected chi connectivity index (χ0v) is 12.4. The summed E-state index contributed by atoms with van der Waals surface area (Å²) in [5, 5.41) is 2.91. The maximum Gasteiger partial charge on any atom is 0.225 e. The van der Waals surface area contributed by atoms with Gasteiger partial charge in [0.1, 0.15) is 0 Å². The van der Waals surface area contributed by atoms with Crippen LogP contribution < -0.4 is 10.2 Å². The summed E-state index contributed by atoms with van der Waals surface area (Å²) in [5.74, 6) is 1.48. The Morgan fingerprint density at radius 1 is 1.25 bits per heavy atom. The summed E-state index contributed by atoms with van der Waals surface area (Å²) in [4.78, 5) is 24.4. The Labute approximate surface area is 125 Å². The van der Waals surface area contributed by atoms with Crippen LogP contribution in [0.25, 0.3) is 0 Å². The molecule has 1 aliphatic heterocycles. The van der Waals surface area contributed by atoms with Crippen LogP contribution in [0.15, 0.2) is 18.5 Å². The van der Waals surface area contributed by atoms with Crippen LogP contribution >= 0.6 is 12.6 Å². The number of nitrogens with zero attached hydrogens (tertiary/aromatic N) is 4.